The van der Waals surface area contributed by atoms with Crippen molar-refractivity contribution in [1.82, 2.24) is 14.7 Å². The Balaban J connectivity index is 2.45. The fraction of sp³-hybridized carbons (Fsp3) is 0.357. The molecule has 2 aliphatic rings. The Morgan fingerprint density at radius 3 is 2.70 bits per heavy atom. The molecule has 2 aliphatic heterocycles. The van der Waals surface area contributed by atoms with Crippen LogP contribution in [-0.2, 0) is 14.3 Å². The van der Waals surface area contributed by atoms with Gasteiger partial charge in [0.1, 0.15) is 5.70 Å². The number of ether oxygens (including phenoxy) is 2. The number of esters is 1. The lowest BCUT2D eigenvalue weighted by Gasteiger charge is -2.19. The topological polar surface area (TPSA) is 104 Å². The molecule has 0 saturated heterocycles. The molecule has 0 fully saturated rings. The van der Waals surface area contributed by atoms with E-state index in [1.54, 1.807) is 17.1 Å². The monoisotopic (exact) mass is 319 g/mol. The summed E-state index contributed by atoms with van der Waals surface area (Å²) in [6, 6.07) is 0. The maximum Gasteiger partial charge on any atom is 0.513 e. The van der Waals surface area contributed by atoms with Crippen LogP contribution < -0.4 is 9.77 Å². The molecule has 9 nitrogen and oxygen atoms in total. The molecule has 122 valence electrons. The van der Waals surface area contributed by atoms with Gasteiger partial charge in [0.2, 0.25) is 0 Å². The molecule has 23 heavy (non-hydrogen) atoms. The van der Waals surface area contributed by atoms with Gasteiger partial charge < -0.3 is 14.6 Å². The van der Waals surface area contributed by atoms with Gasteiger partial charge in [-0.1, -0.05) is 0 Å². The first-order valence-corrected chi connectivity index (χ1v) is 6.70. The van der Waals surface area contributed by atoms with E-state index in [9.17, 15) is 9.90 Å². The van der Waals surface area contributed by atoms with Crippen LogP contribution in [0.25, 0.3) is 0 Å². The molecule has 0 N–H and O–H groups in total. The van der Waals surface area contributed by atoms with E-state index in [2.05, 4.69) is 24.1 Å². The average Bonchev–Trinajstić information content (AvgIpc) is 2.81. The number of methoxy groups -OCH3 is 2. The second-order valence-corrected chi connectivity index (χ2v) is 4.74. The first kappa shape index (κ1) is 16.3. The summed E-state index contributed by atoms with van der Waals surface area (Å²) in [5.41, 5.74) is 1.50. The second-order valence-electron chi connectivity index (χ2n) is 4.74. The summed E-state index contributed by atoms with van der Waals surface area (Å²) in [5.74, 6) is -0.850. The largest absolute Gasteiger partial charge is 0.616 e. The van der Waals surface area contributed by atoms with Crippen molar-refractivity contribution in [2.45, 2.75) is 13.8 Å². The summed E-state index contributed by atoms with van der Waals surface area (Å²) < 4.78 is 13.4. The number of carbonyl (C=O) groups excluding carboxylic acids is 1. The molecule has 0 unspecified atom stereocenters. The van der Waals surface area contributed by atoms with Crippen molar-refractivity contribution in [3.05, 3.63) is 23.8 Å². The number of carbonyl (C=O) groups is 1. The lowest BCUT2D eigenvalue weighted by molar-refractivity contribution is -0.352. The highest BCUT2D eigenvalue weighted by Crippen LogP contribution is 2.17. The number of hydrogen-bond donors (Lipinski definition) is 0. The van der Waals surface area contributed by atoms with Gasteiger partial charge in [-0.15, -0.1) is 5.01 Å². The minimum absolute atomic E-state index is 0.201. The number of guanidine groups is 2. The molecule has 0 aromatic carbocycles. The average molecular weight is 319 g/mol. The Kier molecular flexibility index (Phi) is 4.52. The van der Waals surface area contributed by atoms with Gasteiger partial charge in [0.15, 0.2) is 11.4 Å². The van der Waals surface area contributed by atoms with Crippen molar-refractivity contribution in [2.24, 2.45) is 9.98 Å². The summed E-state index contributed by atoms with van der Waals surface area (Å²) in [4.78, 5) is 20.1. The van der Waals surface area contributed by atoms with Crippen LogP contribution in [0.5, 0.6) is 0 Å². The van der Waals surface area contributed by atoms with Crippen LogP contribution in [-0.4, -0.2) is 60.6 Å². The van der Waals surface area contributed by atoms with Crippen molar-refractivity contribution in [3.63, 3.8) is 0 Å². The Labute approximate surface area is 133 Å². The van der Waals surface area contributed by atoms with E-state index in [1.165, 1.54) is 14.2 Å². The van der Waals surface area contributed by atoms with Crippen molar-refractivity contribution in [2.75, 3.05) is 21.3 Å². The van der Waals surface area contributed by atoms with E-state index in [0.29, 0.717) is 5.96 Å². The number of nitrogens with zero attached hydrogens (tertiary/aromatic N) is 5. The van der Waals surface area contributed by atoms with Crippen LogP contribution in [0.15, 0.2) is 33.8 Å². The Bertz CT molecular complexity index is 725. The van der Waals surface area contributed by atoms with Gasteiger partial charge >= 0.3 is 17.9 Å². The summed E-state index contributed by atoms with van der Waals surface area (Å²) >= 11 is 0. The van der Waals surface area contributed by atoms with Crippen molar-refractivity contribution < 1.29 is 19.4 Å². The summed E-state index contributed by atoms with van der Waals surface area (Å²) in [6.45, 7) is 3.76. The Morgan fingerprint density at radius 1 is 1.39 bits per heavy atom. The first-order valence-electron chi connectivity index (χ1n) is 6.70. The van der Waals surface area contributed by atoms with Gasteiger partial charge in [-0.25, -0.2) is 9.46 Å². The molecule has 0 aliphatic carbocycles. The van der Waals surface area contributed by atoms with Gasteiger partial charge in [0.05, 0.1) is 13.1 Å². The normalized spacial score (nSPS) is 18.0. The zero-order valence-corrected chi connectivity index (χ0v) is 13.5. The molecular formula is C14H17N5O4. The predicted octanol–water partition coefficient (Wildman–Crippen LogP) is -1.23. The third-order valence-electron chi connectivity index (χ3n) is 3.08. The quantitative estimate of drug-likeness (QED) is 0.279. The van der Waals surface area contributed by atoms with Gasteiger partial charge in [-0.05, 0) is 25.1 Å². The highest BCUT2D eigenvalue weighted by Gasteiger charge is 2.41. The van der Waals surface area contributed by atoms with Crippen LogP contribution in [0.2, 0.25) is 0 Å². The second kappa shape index (κ2) is 6.37. The maximum atomic E-state index is 11.8. The molecule has 0 aromatic rings. The Morgan fingerprint density at radius 2 is 2.09 bits per heavy atom. The number of hydrazine groups is 1. The zero-order valence-electron chi connectivity index (χ0n) is 13.5. The lowest BCUT2D eigenvalue weighted by Crippen LogP contribution is -2.41. The van der Waals surface area contributed by atoms with Crippen LogP contribution in [0, 0.1) is 0 Å². The molecule has 0 amide bonds. The zero-order chi connectivity index (χ0) is 17.1. The van der Waals surface area contributed by atoms with E-state index >= 15 is 0 Å². The maximum absolute atomic E-state index is 11.8. The standard InChI is InChI=1S/C14H17N5O4/c1-8-6-9(2)19-14(15-8)17-13(18(19)3)16-10(12(21)23-5)7-11(20)22-4/h6-7H,1-5H3. The molecule has 0 radical (unpaired) electrons. The van der Waals surface area contributed by atoms with Crippen LogP contribution in [0.1, 0.15) is 13.8 Å². The van der Waals surface area contributed by atoms with Crippen LogP contribution >= 0.6 is 0 Å². The molecule has 0 spiro atoms. The molecule has 2 heterocycles. The third-order valence-corrected chi connectivity index (χ3v) is 3.08. The minimum atomic E-state index is -0.770. The number of fused-ring (bicyclic) bond motifs is 1. The highest BCUT2D eigenvalue weighted by molar-refractivity contribution is 6.43. The van der Waals surface area contributed by atoms with Crippen LogP contribution in [0.3, 0.4) is 0 Å². The van der Waals surface area contributed by atoms with Gasteiger partial charge in [0, 0.05) is 20.0 Å². The summed E-state index contributed by atoms with van der Waals surface area (Å²) in [7, 11) is 4.12. The fourth-order valence-corrected chi connectivity index (χ4v) is 2.07. The van der Waals surface area contributed by atoms with E-state index in [1.807, 2.05) is 19.9 Å². The number of aliphatic imine (C=N–C) groups is 2. The molecule has 0 aromatic heterocycles. The smallest absolute Gasteiger partial charge is 0.513 e. The van der Waals surface area contributed by atoms with E-state index in [4.69, 9.17) is 0 Å². The van der Waals surface area contributed by atoms with Crippen molar-refractivity contribution >= 4 is 29.3 Å². The van der Waals surface area contributed by atoms with Crippen LogP contribution in [0.4, 0.5) is 0 Å². The van der Waals surface area contributed by atoms with E-state index in [-0.39, 0.29) is 11.7 Å². The van der Waals surface area contributed by atoms with Gasteiger partial charge in [-0.2, -0.15) is 10.0 Å². The van der Waals surface area contributed by atoms with Crippen molar-refractivity contribution in [3.8, 4) is 0 Å². The summed E-state index contributed by atoms with van der Waals surface area (Å²) in [5, 5.41) is 14.7. The predicted molar refractivity (Wildman–Crippen MR) is 83.2 cm³/mol. The van der Waals surface area contributed by atoms with E-state index in [0.717, 1.165) is 17.5 Å². The summed E-state index contributed by atoms with van der Waals surface area (Å²) in [6.07, 6.45) is 2.84. The molecule has 0 atom stereocenters. The molecule has 0 bridgehead atoms. The molecule has 9 heteroatoms. The van der Waals surface area contributed by atoms with E-state index < -0.39 is 11.9 Å². The van der Waals surface area contributed by atoms with Gasteiger partial charge in [0.25, 0.3) is 0 Å². The lowest BCUT2D eigenvalue weighted by atomic mass is 10.3. The van der Waals surface area contributed by atoms with Gasteiger partial charge in [-0.3, -0.25) is 0 Å². The molecular weight excluding hydrogens is 302 g/mol. The Hall–Kier alpha value is -3.06. The number of hydrogen-bond acceptors (Lipinski definition) is 8. The minimum Gasteiger partial charge on any atom is -0.616 e. The molecule has 0 saturated carbocycles. The SMILES string of the molecule is COC(=O)C(/C=C(/[O-])OC)=N/C1=NC2=[N+]=C(C)C=C(C)N2N1C. The fourth-order valence-electron chi connectivity index (χ4n) is 2.07. The molecule has 2 rings (SSSR count). The first-order chi connectivity index (χ1) is 10.9. The number of rotatable bonds is 3. The third kappa shape index (κ3) is 3.24. The van der Waals surface area contributed by atoms with Crippen molar-refractivity contribution in [1.29, 1.82) is 0 Å². The number of allylic oxidation sites excluding steroid dienone is 2. The highest BCUT2D eigenvalue weighted by atomic mass is 16.6.